The molecule has 0 N–H and O–H groups in total. The van der Waals surface area contributed by atoms with Gasteiger partial charge in [0.05, 0.1) is 6.04 Å². The van der Waals surface area contributed by atoms with Crippen molar-refractivity contribution < 1.29 is 14.3 Å². The van der Waals surface area contributed by atoms with E-state index in [4.69, 9.17) is 16.3 Å². The van der Waals surface area contributed by atoms with Crippen molar-refractivity contribution in [3.05, 3.63) is 92.6 Å². The molecule has 5 nitrogen and oxygen atoms in total. The number of hydrogen-bond acceptors (Lipinski definition) is 4. The van der Waals surface area contributed by atoms with Crippen LogP contribution < -0.4 is 0 Å². The van der Waals surface area contributed by atoms with Crippen LogP contribution in [0.4, 0.5) is 0 Å². The van der Waals surface area contributed by atoms with Crippen molar-refractivity contribution in [2.24, 2.45) is 0 Å². The molecular formula is C27H29ClN2O3S. The van der Waals surface area contributed by atoms with Crippen molar-refractivity contribution >= 4 is 34.8 Å². The minimum absolute atomic E-state index is 0.0242. The van der Waals surface area contributed by atoms with Crippen molar-refractivity contribution in [1.29, 1.82) is 0 Å². The van der Waals surface area contributed by atoms with Crippen LogP contribution in [-0.4, -0.2) is 54.5 Å². The molecule has 178 valence electrons. The van der Waals surface area contributed by atoms with E-state index in [0.717, 1.165) is 12.0 Å². The molecule has 0 aliphatic carbocycles. The number of rotatable bonds is 9. The quantitative estimate of drug-likeness (QED) is 0.370. The molecule has 2 heterocycles. The maximum Gasteiger partial charge on any atom is 0.254 e. The molecule has 3 aromatic rings. The summed E-state index contributed by atoms with van der Waals surface area (Å²) in [5.41, 5.74) is 2.79. The predicted octanol–water partition coefficient (Wildman–Crippen LogP) is 5.44. The highest BCUT2D eigenvalue weighted by Gasteiger charge is 2.34. The molecule has 1 aliphatic rings. The van der Waals surface area contributed by atoms with Crippen LogP contribution in [-0.2, 0) is 16.0 Å². The second-order valence-electron chi connectivity index (χ2n) is 8.23. The summed E-state index contributed by atoms with van der Waals surface area (Å²) >= 11 is 7.75. The molecule has 2 aromatic carbocycles. The molecule has 1 atom stereocenters. The van der Waals surface area contributed by atoms with Gasteiger partial charge in [0.1, 0.15) is 6.54 Å². The number of carbonyl (C=O) groups is 2. The highest BCUT2D eigenvalue weighted by atomic mass is 35.5. The van der Waals surface area contributed by atoms with Gasteiger partial charge in [-0.3, -0.25) is 9.59 Å². The van der Waals surface area contributed by atoms with Gasteiger partial charge in [-0.05, 0) is 66.6 Å². The van der Waals surface area contributed by atoms with Crippen LogP contribution in [0.5, 0.6) is 0 Å². The summed E-state index contributed by atoms with van der Waals surface area (Å²) < 4.78 is 5.46. The molecular weight excluding hydrogens is 468 g/mol. The second-order valence-corrected chi connectivity index (χ2v) is 9.67. The first-order chi connectivity index (χ1) is 16.6. The van der Waals surface area contributed by atoms with E-state index in [1.54, 1.807) is 40.5 Å². The van der Waals surface area contributed by atoms with Gasteiger partial charge >= 0.3 is 0 Å². The van der Waals surface area contributed by atoms with Gasteiger partial charge in [-0.25, -0.2) is 0 Å². The largest absolute Gasteiger partial charge is 0.382 e. The average molecular weight is 497 g/mol. The molecule has 1 aromatic heterocycles. The number of ether oxygens (including phenoxy) is 1. The summed E-state index contributed by atoms with van der Waals surface area (Å²) in [7, 11) is 0. The van der Waals surface area contributed by atoms with Crippen LogP contribution in [0.1, 0.15) is 45.7 Å². The van der Waals surface area contributed by atoms with Crippen molar-refractivity contribution in [2.75, 3.05) is 32.8 Å². The zero-order valence-corrected chi connectivity index (χ0v) is 20.9. The van der Waals surface area contributed by atoms with Gasteiger partial charge < -0.3 is 14.5 Å². The van der Waals surface area contributed by atoms with E-state index in [1.807, 2.05) is 30.0 Å². The standard InChI is InChI=1S/C27H29ClN2O3S/c1-2-33-17-6-15-29(27(32)21-9-11-22(28)12-10-21)19-25(31)30-16-13-24-23(14-18-34-24)26(30)20-7-4-3-5-8-20/h3-5,7-12,14,18,26H,2,6,13,15-17,19H2,1H3. The minimum atomic E-state index is -0.175. The van der Waals surface area contributed by atoms with E-state index in [9.17, 15) is 9.59 Å². The molecule has 0 fully saturated rings. The normalized spacial score (nSPS) is 15.1. The molecule has 1 unspecified atom stereocenters. The fourth-order valence-electron chi connectivity index (χ4n) is 4.36. The molecule has 0 spiro atoms. The summed E-state index contributed by atoms with van der Waals surface area (Å²) in [6.45, 7) is 4.22. The maximum absolute atomic E-state index is 13.7. The molecule has 4 rings (SSSR count). The first kappa shape index (κ1) is 24.5. The van der Waals surface area contributed by atoms with E-state index < -0.39 is 0 Å². The van der Waals surface area contributed by atoms with Crippen molar-refractivity contribution in [1.82, 2.24) is 9.80 Å². The molecule has 0 bridgehead atoms. The molecule has 7 heteroatoms. The monoisotopic (exact) mass is 496 g/mol. The fourth-order valence-corrected chi connectivity index (χ4v) is 5.39. The van der Waals surface area contributed by atoms with Gasteiger partial charge in [0.15, 0.2) is 0 Å². The van der Waals surface area contributed by atoms with Crippen LogP contribution in [0.25, 0.3) is 0 Å². The van der Waals surface area contributed by atoms with Gasteiger partial charge in [0.25, 0.3) is 5.91 Å². The van der Waals surface area contributed by atoms with Crippen LogP contribution in [0, 0.1) is 0 Å². The van der Waals surface area contributed by atoms with E-state index in [-0.39, 0.29) is 24.4 Å². The summed E-state index contributed by atoms with van der Waals surface area (Å²) in [4.78, 5) is 31.9. The number of benzene rings is 2. The number of carbonyl (C=O) groups excluding carboxylic acids is 2. The Morgan fingerprint density at radius 1 is 1.12 bits per heavy atom. The van der Waals surface area contributed by atoms with E-state index in [2.05, 4.69) is 23.6 Å². The van der Waals surface area contributed by atoms with Crippen LogP contribution >= 0.6 is 22.9 Å². The zero-order valence-electron chi connectivity index (χ0n) is 19.3. The number of amides is 2. The lowest BCUT2D eigenvalue weighted by atomic mass is 9.93. The Bertz CT molecular complexity index is 1100. The Hall–Kier alpha value is -2.67. The van der Waals surface area contributed by atoms with Crippen molar-refractivity contribution in [3.8, 4) is 0 Å². The fraction of sp³-hybridized carbons (Fsp3) is 0.333. The van der Waals surface area contributed by atoms with E-state index in [0.29, 0.717) is 43.3 Å². The molecule has 0 saturated carbocycles. The lowest BCUT2D eigenvalue weighted by Crippen LogP contribution is -2.47. The molecule has 2 amide bonds. The predicted molar refractivity (Wildman–Crippen MR) is 136 cm³/mol. The number of nitrogens with zero attached hydrogens (tertiary/aromatic N) is 2. The van der Waals surface area contributed by atoms with E-state index >= 15 is 0 Å². The summed E-state index contributed by atoms with van der Waals surface area (Å²) in [6.07, 6.45) is 1.49. The van der Waals surface area contributed by atoms with Gasteiger partial charge in [-0.1, -0.05) is 41.9 Å². The van der Waals surface area contributed by atoms with Crippen LogP contribution in [0.2, 0.25) is 5.02 Å². The van der Waals surface area contributed by atoms with Gasteiger partial charge in [0.2, 0.25) is 5.91 Å². The Balaban J connectivity index is 1.56. The smallest absolute Gasteiger partial charge is 0.254 e. The van der Waals surface area contributed by atoms with Gasteiger partial charge in [-0.15, -0.1) is 11.3 Å². The number of fused-ring (bicyclic) bond motifs is 1. The van der Waals surface area contributed by atoms with Crippen molar-refractivity contribution in [2.45, 2.75) is 25.8 Å². The topological polar surface area (TPSA) is 49.9 Å². The number of halogens is 1. The highest BCUT2D eigenvalue weighted by molar-refractivity contribution is 7.10. The van der Waals surface area contributed by atoms with Gasteiger partial charge in [-0.2, -0.15) is 0 Å². The lowest BCUT2D eigenvalue weighted by molar-refractivity contribution is -0.134. The Labute approximate surface area is 209 Å². The summed E-state index contributed by atoms with van der Waals surface area (Å²) in [5, 5.41) is 2.67. The maximum atomic E-state index is 13.7. The number of hydrogen-bond donors (Lipinski definition) is 0. The Morgan fingerprint density at radius 3 is 2.62 bits per heavy atom. The molecule has 0 radical (unpaired) electrons. The minimum Gasteiger partial charge on any atom is -0.382 e. The third-order valence-electron chi connectivity index (χ3n) is 6.03. The first-order valence-electron chi connectivity index (χ1n) is 11.6. The van der Waals surface area contributed by atoms with Gasteiger partial charge in [0, 0.05) is 41.8 Å². The van der Waals surface area contributed by atoms with E-state index in [1.165, 1.54) is 10.4 Å². The van der Waals surface area contributed by atoms with Crippen LogP contribution in [0.3, 0.4) is 0 Å². The van der Waals surface area contributed by atoms with Crippen LogP contribution in [0.15, 0.2) is 66.0 Å². The molecule has 34 heavy (non-hydrogen) atoms. The molecule has 1 aliphatic heterocycles. The molecule has 0 saturated heterocycles. The number of thiophene rings is 1. The first-order valence-corrected chi connectivity index (χ1v) is 12.9. The lowest BCUT2D eigenvalue weighted by Gasteiger charge is -2.37. The summed E-state index contributed by atoms with van der Waals surface area (Å²) in [5.74, 6) is -0.226. The average Bonchev–Trinajstić information content (AvgIpc) is 3.35. The Kier molecular flexibility index (Phi) is 8.38. The SMILES string of the molecule is CCOCCCN(CC(=O)N1CCc2sccc2C1c1ccccc1)C(=O)c1ccc(Cl)cc1. The second kappa shape index (κ2) is 11.6. The zero-order chi connectivity index (χ0) is 23.9. The van der Waals surface area contributed by atoms with Crippen molar-refractivity contribution in [3.63, 3.8) is 0 Å². The highest BCUT2D eigenvalue weighted by Crippen LogP contribution is 2.37. The summed E-state index contributed by atoms with van der Waals surface area (Å²) in [6, 6.07) is 18.9. The third-order valence-corrected chi connectivity index (χ3v) is 7.28. The third kappa shape index (κ3) is 5.69. The Morgan fingerprint density at radius 2 is 1.88 bits per heavy atom.